The van der Waals surface area contributed by atoms with Gasteiger partial charge in [-0.3, -0.25) is 4.68 Å². The minimum atomic E-state index is 0.621. The van der Waals surface area contributed by atoms with Gasteiger partial charge in [-0.25, -0.2) is 0 Å². The van der Waals surface area contributed by atoms with Crippen molar-refractivity contribution >= 4 is 28.3 Å². The summed E-state index contributed by atoms with van der Waals surface area (Å²) in [5.41, 5.74) is 2.28. The summed E-state index contributed by atoms with van der Waals surface area (Å²) in [6, 6.07) is 11.2. The van der Waals surface area contributed by atoms with Crippen LogP contribution >= 0.6 is 22.6 Å². The first-order valence-corrected chi connectivity index (χ1v) is 8.42. The number of nitrogens with zero attached hydrogens (tertiary/aromatic N) is 2. The van der Waals surface area contributed by atoms with Gasteiger partial charge in [-0.1, -0.05) is 25.3 Å². The number of halogens is 1. The molecule has 2 aromatic rings. The van der Waals surface area contributed by atoms with Crippen molar-refractivity contribution in [1.82, 2.24) is 9.78 Å². The fourth-order valence-corrected chi connectivity index (χ4v) is 3.35. The molecule has 1 aliphatic rings. The minimum Gasteiger partial charge on any atom is -0.379 e. The fraction of sp³-hybridized carbons (Fsp3) is 0.438. The normalized spacial score (nSPS) is 16.2. The Morgan fingerprint density at radius 3 is 2.85 bits per heavy atom. The van der Waals surface area contributed by atoms with Gasteiger partial charge in [0.25, 0.3) is 0 Å². The Morgan fingerprint density at radius 2 is 2.05 bits per heavy atom. The van der Waals surface area contributed by atoms with Crippen molar-refractivity contribution in [3.05, 3.63) is 45.8 Å². The summed E-state index contributed by atoms with van der Waals surface area (Å²) in [5.74, 6) is 0. The maximum Gasteiger partial charge on any atom is 0.0815 e. The van der Waals surface area contributed by atoms with Crippen LogP contribution in [0, 0.1) is 3.57 Å². The van der Waals surface area contributed by atoms with E-state index in [2.05, 4.69) is 69.1 Å². The van der Waals surface area contributed by atoms with Gasteiger partial charge in [0.2, 0.25) is 0 Å². The Kier molecular flexibility index (Phi) is 4.60. The Bertz CT molecular complexity index is 558. The highest BCUT2D eigenvalue weighted by molar-refractivity contribution is 14.1. The average Bonchev–Trinajstić information content (AvgIpc) is 2.95. The second-order valence-corrected chi connectivity index (χ2v) is 6.69. The van der Waals surface area contributed by atoms with E-state index in [-0.39, 0.29) is 0 Å². The van der Waals surface area contributed by atoms with E-state index in [1.807, 2.05) is 0 Å². The van der Waals surface area contributed by atoms with Crippen molar-refractivity contribution in [1.29, 1.82) is 0 Å². The van der Waals surface area contributed by atoms with E-state index in [9.17, 15) is 0 Å². The average molecular weight is 381 g/mol. The van der Waals surface area contributed by atoms with Crippen LogP contribution in [0.4, 0.5) is 5.69 Å². The molecule has 1 saturated carbocycles. The Balaban J connectivity index is 1.59. The van der Waals surface area contributed by atoms with Gasteiger partial charge in [0.05, 0.1) is 18.3 Å². The lowest BCUT2D eigenvalue weighted by atomic mass is 9.96. The van der Waals surface area contributed by atoms with Crippen molar-refractivity contribution < 1.29 is 0 Å². The number of hydrogen-bond donors (Lipinski definition) is 1. The quantitative estimate of drug-likeness (QED) is 0.785. The zero-order valence-electron chi connectivity index (χ0n) is 11.6. The molecule has 1 aromatic carbocycles. The third kappa shape index (κ3) is 3.53. The molecule has 0 radical (unpaired) electrons. The number of benzene rings is 1. The lowest BCUT2D eigenvalue weighted by Gasteiger charge is -2.21. The molecule has 1 heterocycles. The predicted molar refractivity (Wildman–Crippen MR) is 90.8 cm³/mol. The molecule has 1 fully saturated rings. The standard InChI is InChI=1S/C16H20IN3/c17-13-5-4-6-14(11-13)18-12-15-9-10-20(19-15)16-7-2-1-3-8-16/h4-6,9-11,16,18H,1-3,7-8,12H2. The highest BCUT2D eigenvalue weighted by Crippen LogP contribution is 2.27. The third-order valence-corrected chi connectivity index (χ3v) is 4.58. The SMILES string of the molecule is Ic1cccc(NCc2ccn(C3CCCCC3)n2)c1. The number of nitrogens with one attached hydrogen (secondary N) is 1. The lowest BCUT2D eigenvalue weighted by molar-refractivity contribution is 0.328. The maximum atomic E-state index is 4.72. The van der Waals surface area contributed by atoms with E-state index >= 15 is 0 Å². The van der Waals surface area contributed by atoms with E-state index < -0.39 is 0 Å². The lowest BCUT2D eigenvalue weighted by Crippen LogP contribution is -2.13. The van der Waals surface area contributed by atoms with Crippen LogP contribution in [-0.2, 0) is 6.54 Å². The molecule has 3 nitrogen and oxygen atoms in total. The topological polar surface area (TPSA) is 29.9 Å². The van der Waals surface area contributed by atoms with Crippen LogP contribution in [0.3, 0.4) is 0 Å². The highest BCUT2D eigenvalue weighted by atomic mass is 127. The second-order valence-electron chi connectivity index (χ2n) is 5.44. The van der Waals surface area contributed by atoms with Gasteiger partial charge in [0, 0.05) is 15.5 Å². The first-order valence-electron chi connectivity index (χ1n) is 7.35. The van der Waals surface area contributed by atoms with Crippen LogP contribution < -0.4 is 5.32 Å². The van der Waals surface area contributed by atoms with Crippen LogP contribution in [-0.4, -0.2) is 9.78 Å². The molecule has 106 valence electrons. The van der Waals surface area contributed by atoms with Crippen molar-refractivity contribution in [2.45, 2.75) is 44.7 Å². The molecule has 0 unspecified atom stereocenters. The van der Waals surface area contributed by atoms with Crippen molar-refractivity contribution in [3.8, 4) is 0 Å². The van der Waals surface area contributed by atoms with Crippen molar-refractivity contribution in [2.75, 3.05) is 5.32 Å². The second kappa shape index (κ2) is 6.61. The summed E-state index contributed by atoms with van der Waals surface area (Å²) >= 11 is 2.33. The summed E-state index contributed by atoms with van der Waals surface area (Å²) in [4.78, 5) is 0. The van der Waals surface area contributed by atoms with E-state index in [4.69, 9.17) is 5.10 Å². The summed E-state index contributed by atoms with van der Waals surface area (Å²) < 4.78 is 3.42. The third-order valence-electron chi connectivity index (χ3n) is 3.91. The highest BCUT2D eigenvalue weighted by Gasteiger charge is 2.15. The van der Waals surface area contributed by atoms with Gasteiger partial charge >= 0.3 is 0 Å². The van der Waals surface area contributed by atoms with Crippen LogP contribution in [0.5, 0.6) is 0 Å². The molecule has 0 bridgehead atoms. The number of hydrogen-bond acceptors (Lipinski definition) is 2. The van der Waals surface area contributed by atoms with Gasteiger partial charge in [0.15, 0.2) is 0 Å². The first kappa shape index (κ1) is 13.9. The molecule has 3 rings (SSSR count). The Hall–Kier alpha value is -1.04. The van der Waals surface area contributed by atoms with Gasteiger partial charge in [-0.15, -0.1) is 0 Å². The monoisotopic (exact) mass is 381 g/mol. The fourth-order valence-electron chi connectivity index (χ4n) is 2.81. The summed E-state index contributed by atoms with van der Waals surface area (Å²) in [7, 11) is 0. The molecular formula is C16H20IN3. The molecule has 0 amide bonds. The first-order chi connectivity index (χ1) is 9.81. The summed E-state index contributed by atoms with van der Waals surface area (Å²) in [6.45, 7) is 0.791. The largest absolute Gasteiger partial charge is 0.379 e. The van der Waals surface area contributed by atoms with Crippen molar-refractivity contribution in [2.24, 2.45) is 0 Å². The predicted octanol–water partition coefficient (Wildman–Crippen LogP) is 4.61. The van der Waals surface area contributed by atoms with E-state index in [0.717, 1.165) is 17.9 Å². The van der Waals surface area contributed by atoms with Gasteiger partial charge in [-0.2, -0.15) is 5.10 Å². The molecule has 1 aliphatic carbocycles. The zero-order valence-corrected chi connectivity index (χ0v) is 13.7. The van der Waals surface area contributed by atoms with Crippen LogP contribution in [0.15, 0.2) is 36.5 Å². The summed E-state index contributed by atoms with van der Waals surface area (Å²) in [5, 5.41) is 8.16. The molecule has 1 N–H and O–H groups in total. The van der Waals surface area contributed by atoms with Gasteiger partial charge in [-0.05, 0) is 59.7 Å². The molecule has 0 atom stereocenters. The smallest absolute Gasteiger partial charge is 0.0815 e. The van der Waals surface area contributed by atoms with Gasteiger partial charge in [0.1, 0.15) is 0 Å². The molecule has 4 heteroatoms. The molecule has 0 aliphatic heterocycles. The molecule has 0 saturated heterocycles. The Morgan fingerprint density at radius 1 is 1.20 bits per heavy atom. The molecular weight excluding hydrogens is 361 g/mol. The zero-order chi connectivity index (χ0) is 13.8. The van der Waals surface area contributed by atoms with E-state index in [0.29, 0.717) is 6.04 Å². The van der Waals surface area contributed by atoms with E-state index in [1.54, 1.807) is 0 Å². The van der Waals surface area contributed by atoms with Crippen LogP contribution in [0.1, 0.15) is 43.8 Å². The molecule has 20 heavy (non-hydrogen) atoms. The number of aromatic nitrogens is 2. The molecule has 1 aromatic heterocycles. The van der Waals surface area contributed by atoms with Gasteiger partial charge < -0.3 is 5.32 Å². The number of anilines is 1. The number of rotatable bonds is 4. The maximum absolute atomic E-state index is 4.72. The van der Waals surface area contributed by atoms with Crippen LogP contribution in [0.25, 0.3) is 0 Å². The van der Waals surface area contributed by atoms with E-state index in [1.165, 1.54) is 35.7 Å². The summed E-state index contributed by atoms with van der Waals surface area (Å²) in [6.07, 6.45) is 8.79. The minimum absolute atomic E-state index is 0.621. The van der Waals surface area contributed by atoms with Crippen LogP contribution in [0.2, 0.25) is 0 Å². The molecule has 0 spiro atoms. The Labute approximate surface area is 133 Å². The van der Waals surface area contributed by atoms with Crippen molar-refractivity contribution in [3.63, 3.8) is 0 Å².